The fraction of sp³-hybridized carbons (Fsp3) is 0.0625. The zero-order chi connectivity index (χ0) is 18.4. The number of carbonyl (C=O) groups excluding carboxylic acids is 1. The number of nitrogens with one attached hydrogen (secondary N) is 3. The molecule has 0 bridgehead atoms. The molecule has 2 heterocycles. The third kappa shape index (κ3) is 4.77. The van der Waals surface area contributed by atoms with Crippen LogP contribution in [-0.4, -0.2) is 24.4 Å². The molecule has 2 aromatic heterocycles. The molecule has 10 heteroatoms. The van der Waals surface area contributed by atoms with Crippen LogP contribution in [0.3, 0.4) is 0 Å². The van der Waals surface area contributed by atoms with E-state index in [1.807, 2.05) is 0 Å². The Bertz CT molecular complexity index is 959. The molecule has 134 valence electrons. The van der Waals surface area contributed by atoms with E-state index in [4.69, 9.17) is 0 Å². The van der Waals surface area contributed by atoms with Gasteiger partial charge in [-0.15, -0.1) is 11.3 Å². The summed E-state index contributed by atoms with van der Waals surface area (Å²) in [6.45, 7) is 0.360. The minimum atomic E-state index is -3.71. The molecule has 0 unspecified atom stereocenters. The van der Waals surface area contributed by atoms with Crippen LogP contribution in [-0.2, 0) is 16.6 Å². The van der Waals surface area contributed by atoms with E-state index in [-0.39, 0.29) is 4.90 Å². The molecule has 1 aromatic carbocycles. The van der Waals surface area contributed by atoms with Crippen LogP contribution in [0.25, 0.3) is 0 Å². The van der Waals surface area contributed by atoms with E-state index in [0.717, 1.165) is 5.56 Å². The fourth-order valence-electron chi connectivity index (χ4n) is 2.02. The van der Waals surface area contributed by atoms with Crippen molar-refractivity contribution in [3.63, 3.8) is 0 Å². The summed E-state index contributed by atoms with van der Waals surface area (Å²) in [6.07, 6.45) is 4.81. The van der Waals surface area contributed by atoms with Crippen molar-refractivity contribution >= 4 is 38.2 Å². The number of sulfonamides is 1. The van der Waals surface area contributed by atoms with Crippen molar-refractivity contribution in [1.82, 2.24) is 15.3 Å². The average molecular weight is 389 g/mol. The van der Waals surface area contributed by atoms with E-state index in [1.54, 1.807) is 29.9 Å². The third-order valence-electron chi connectivity index (χ3n) is 3.28. The zero-order valence-electron chi connectivity index (χ0n) is 13.4. The van der Waals surface area contributed by atoms with Crippen molar-refractivity contribution < 1.29 is 13.2 Å². The summed E-state index contributed by atoms with van der Waals surface area (Å²) in [5.74, 6) is 0. The minimum absolute atomic E-state index is 0.0791. The molecular formula is C16H15N5O3S2. The zero-order valence-corrected chi connectivity index (χ0v) is 15.0. The van der Waals surface area contributed by atoms with Crippen molar-refractivity contribution in [2.75, 3.05) is 10.0 Å². The Hall–Kier alpha value is -2.98. The maximum absolute atomic E-state index is 12.2. The maximum Gasteiger partial charge on any atom is 0.319 e. The summed E-state index contributed by atoms with van der Waals surface area (Å²) in [5.41, 5.74) is 1.40. The van der Waals surface area contributed by atoms with E-state index in [9.17, 15) is 13.2 Å². The van der Waals surface area contributed by atoms with Crippen LogP contribution >= 0.6 is 11.3 Å². The van der Waals surface area contributed by atoms with E-state index >= 15 is 0 Å². The van der Waals surface area contributed by atoms with E-state index < -0.39 is 16.1 Å². The Morgan fingerprint density at radius 3 is 2.42 bits per heavy atom. The number of rotatable bonds is 6. The van der Waals surface area contributed by atoms with Crippen LogP contribution in [0.5, 0.6) is 0 Å². The van der Waals surface area contributed by atoms with E-state index in [1.165, 1.54) is 41.8 Å². The van der Waals surface area contributed by atoms with Crippen LogP contribution in [0.4, 0.5) is 15.6 Å². The normalized spacial score (nSPS) is 10.9. The predicted octanol–water partition coefficient (Wildman–Crippen LogP) is 2.66. The Kier molecular flexibility index (Phi) is 5.44. The van der Waals surface area contributed by atoms with Crippen molar-refractivity contribution in [2.45, 2.75) is 11.4 Å². The van der Waals surface area contributed by atoms with E-state index in [0.29, 0.717) is 17.4 Å². The minimum Gasteiger partial charge on any atom is -0.334 e. The molecule has 8 nitrogen and oxygen atoms in total. The number of nitrogens with zero attached hydrogens (tertiary/aromatic N) is 2. The summed E-state index contributed by atoms with van der Waals surface area (Å²) >= 11 is 1.19. The van der Waals surface area contributed by atoms with Crippen LogP contribution in [0.1, 0.15) is 5.56 Å². The summed E-state index contributed by atoms with van der Waals surface area (Å²) in [4.78, 5) is 19.8. The highest BCUT2D eigenvalue weighted by molar-refractivity contribution is 7.93. The lowest BCUT2D eigenvalue weighted by Crippen LogP contribution is -2.28. The molecule has 0 atom stereocenters. The number of aromatic nitrogens is 2. The highest BCUT2D eigenvalue weighted by atomic mass is 32.2. The predicted molar refractivity (Wildman–Crippen MR) is 99.5 cm³/mol. The van der Waals surface area contributed by atoms with Crippen LogP contribution in [0.15, 0.2) is 65.3 Å². The van der Waals surface area contributed by atoms with Gasteiger partial charge in [-0.05, 0) is 42.0 Å². The Labute approximate surface area is 154 Å². The molecule has 3 aromatic rings. The van der Waals surface area contributed by atoms with Gasteiger partial charge < -0.3 is 10.6 Å². The maximum atomic E-state index is 12.2. The van der Waals surface area contributed by atoms with Gasteiger partial charge in [0.2, 0.25) is 0 Å². The first-order valence-corrected chi connectivity index (χ1v) is 9.85. The molecule has 0 aliphatic heterocycles. The molecular weight excluding hydrogens is 374 g/mol. The second-order valence-corrected chi connectivity index (χ2v) is 7.71. The first-order chi connectivity index (χ1) is 12.5. The molecule has 2 amide bonds. The Morgan fingerprint density at radius 2 is 1.77 bits per heavy atom. The smallest absolute Gasteiger partial charge is 0.319 e. The van der Waals surface area contributed by atoms with Gasteiger partial charge in [-0.3, -0.25) is 9.71 Å². The molecule has 0 saturated carbocycles. The molecule has 0 fully saturated rings. The lowest BCUT2D eigenvalue weighted by atomic mass is 10.3. The van der Waals surface area contributed by atoms with E-state index in [2.05, 4.69) is 25.3 Å². The number of thiazole rings is 1. The standard InChI is InChI=1S/C16H15N5O3S2/c22-15(19-11-12-5-7-17-8-6-12)20-13-1-3-14(4-2-13)26(23,24)21-16-18-9-10-25-16/h1-10H,11H2,(H,18,21)(H2,19,20,22). The van der Waals surface area contributed by atoms with Gasteiger partial charge in [0.1, 0.15) is 0 Å². The van der Waals surface area contributed by atoms with Crippen LogP contribution in [0, 0.1) is 0 Å². The van der Waals surface area contributed by atoms with Crippen LogP contribution in [0.2, 0.25) is 0 Å². The summed E-state index contributed by atoms with van der Waals surface area (Å²) in [7, 11) is -3.71. The average Bonchev–Trinajstić information content (AvgIpc) is 3.14. The SMILES string of the molecule is O=C(NCc1ccncc1)Nc1ccc(S(=O)(=O)Nc2nccs2)cc1. The summed E-state index contributed by atoms with van der Waals surface area (Å²) in [6, 6.07) is 9.07. The topological polar surface area (TPSA) is 113 Å². The Balaban J connectivity index is 1.58. The number of amides is 2. The van der Waals surface area contributed by atoms with Gasteiger partial charge in [-0.25, -0.2) is 18.2 Å². The van der Waals surface area contributed by atoms with Gasteiger partial charge in [0.15, 0.2) is 5.13 Å². The number of carbonyl (C=O) groups is 1. The molecule has 26 heavy (non-hydrogen) atoms. The lowest BCUT2D eigenvalue weighted by Gasteiger charge is -2.09. The van der Waals surface area contributed by atoms with Gasteiger partial charge in [-0.1, -0.05) is 0 Å². The van der Waals surface area contributed by atoms with Crippen molar-refractivity contribution in [2.24, 2.45) is 0 Å². The second kappa shape index (κ2) is 7.93. The molecule has 0 saturated heterocycles. The number of hydrogen-bond acceptors (Lipinski definition) is 6. The first-order valence-electron chi connectivity index (χ1n) is 7.49. The van der Waals surface area contributed by atoms with Gasteiger partial charge in [0, 0.05) is 36.2 Å². The van der Waals surface area contributed by atoms with Crippen molar-refractivity contribution in [1.29, 1.82) is 0 Å². The van der Waals surface area contributed by atoms with Gasteiger partial charge >= 0.3 is 6.03 Å². The molecule has 3 N–H and O–H groups in total. The molecule has 0 spiro atoms. The first kappa shape index (κ1) is 17.8. The monoisotopic (exact) mass is 389 g/mol. The number of pyridine rings is 1. The molecule has 0 radical (unpaired) electrons. The third-order valence-corrected chi connectivity index (χ3v) is 5.45. The van der Waals surface area contributed by atoms with Gasteiger partial charge in [-0.2, -0.15) is 0 Å². The number of hydrogen-bond donors (Lipinski definition) is 3. The highest BCUT2D eigenvalue weighted by Gasteiger charge is 2.15. The number of benzene rings is 1. The molecule has 0 aliphatic rings. The largest absolute Gasteiger partial charge is 0.334 e. The van der Waals surface area contributed by atoms with Crippen LogP contribution < -0.4 is 15.4 Å². The van der Waals surface area contributed by atoms with Gasteiger partial charge in [0.25, 0.3) is 10.0 Å². The molecule has 0 aliphatic carbocycles. The lowest BCUT2D eigenvalue weighted by molar-refractivity contribution is 0.251. The quantitative estimate of drug-likeness (QED) is 0.600. The summed E-state index contributed by atoms with van der Waals surface area (Å²) in [5, 5.41) is 7.32. The molecule has 3 rings (SSSR count). The van der Waals surface area contributed by atoms with Crippen molar-refractivity contribution in [3.05, 3.63) is 65.9 Å². The Morgan fingerprint density at radius 1 is 1.04 bits per heavy atom. The second-order valence-electron chi connectivity index (χ2n) is 5.13. The van der Waals surface area contributed by atoms with Crippen molar-refractivity contribution in [3.8, 4) is 0 Å². The number of anilines is 2. The number of urea groups is 1. The van der Waals surface area contributed by atoms with Gasteiger partial charge in [0.05, 0.1) is 4.90 Å². The fourth-order valence-corrected chi connectivity index (χ4v) is 3.81. The highest BCUT2D eigenvalue weighted by Crippen LogP contribution is 2.19. The summed E-state index contributed by atoms with van der Waals surface area (Å²) < 4.78 is 26.9.